The van der Waals surface area contributed by atoms with E-state index < -0.39 is 11.7 Å². The average molecular weight is 377 g/mol. The highest BCUT2D eigenvalue weighted by Gasteiger charge is 2.26. The van der Waals surface area contributed by atoms with Gasteiger partial charge in [0.15, 0.2) is 0 Å². The molecule has 0 unspecified atom stereocenters. The Morgan fingerprint density at radius 1 is 1.00 bits per heavy atom. The normalized spacial score (nSPS) is 13.4. The van der Waals surface area contributed by atoms with Gasteiger partial charge in [-0.05, 0) is 79.3 Å². The molecule has 7 nitrogen and oxygen atoms in total. The molecule has 0 aliphatic heterocycles. The van der Waals surface area contributed by atoms with Gasteiger partial charge in [0, 0.05) is 11.7 Å². The van der Waals surface area contributed by atoms with Gasteiger partial charge >= 0.3 is 11.7 Å². The number of hydrogen-bond donors (Lipinski definition) is 0. The molecule has 3 aromatic rings. The number of tetrazole rings is 1. The number of hydrogen-bond acceptors (Lipinski definition) is 4. The number of aryl methyl sites for hydroxylation is 1. The van der Waals surface area contributed by atoms with E-state index in [0.29, 0.717) is 5.69 Å². The van der Waals surface area contributed by atoms with Crippen LogP contribution < -0.4 is 10.6 Å². The lowest BCUT2D eigenvalue weighted by Gasteiger charge is -2.25. The summed E-state index contributed by atoms with van der Waals surface area (Å²) in [6, 6.07) is 14.5. The van der Waals surface area contributed by atoms with Gasteiger partial charge in [-0.2, -0.15) is 4.68 Å². The fraction of sp³-hybridized carbons (Fsp3) is 0.333. The highest BCUT2D eigenvalue weighted by Crippen LogP contribution is 2.26. The molecule has 28 heavy (non-hydrogen) atoms. The second kappa shape index (κ2) is 7.42. The Hall–Kier alpha value is -3.22. The Bertz CT molecular complexity index is 1050. The van der Waals surface area contributed by atoms with E-state index in [2.05, 4.69) is 16.5 Å². The van der Waals surface area contributed by atoms with Crippen LogP contribution >= 0.6 is 0 Å². The number of aromatic nitrogens is 4. The first-order chi connectivity index (χ1) is 13.6. The predicted octanol–water partition coefficient (Wildman–Crippen LogP) is 3.19. The topological polar surface area (TPSA) is 73.0 Å². The molecule has 1 amide bonds. The Morgan fingerprint density at radius 2 is 1.75 bits per heavy atom. The number of amides is 1. The van der Waals surface area contributed by atoms with Gasteiger partial charge in [-0.25, -0.2) is 9.59 Å². The summed E-state index contributed by atoms with van der Waals surface area (Å²) in [5, 5.41) is 7.92. The SMILES string of the molecule is CC(C)N(C(=O)n1nnn(-c2cccc3c2CCCC3)c1=O)c1ccccc1. The summed E-state index contributed by atoms with van der Waals surface area (Å²) in [5.41, 5.74) is 3.24. The molecule has 0 atom stereocenters. The fourth-order valence-corrected chi connectivity index (χ4v) is 3.80. The number of carbonyl (C=O) groups excluding carboxylic acids is 1. The van der Waals surface area contributed by atoms with E-state index in [0.717, 1.165) is 41.6 Å². The molecular weight excluding hydrogens is 354 g/mol. The zero-order chi connectivity index (χ0) is 19.7. The molecule has 0 spiro atoms. The lowest BCUT2D eigenvalue weighted by atomic mass is 9.90. The molecule has 0 N–H and O–H groups in total. The average Bonchev–Trinajstić information content (AvgIpc) is 3.09. The Labute approximate surface area is 163 Å². The Kier molecular flexibility index (Phi) is 4.81. The summed E-state index contributed by atoms with van der Waals surface area (Å²) in [7, 11) is 0. The van der Waals surface area contributed by atoms with Gasteiger partial charge in [-0.15, -0.1) is 4.68 Å². The first-order valence-corrected chi connectivity index (χ1v) is 9.62. The van der Waals surface area contributed by atoms with Gasteiger partial charge in [-0.3, -0.25) is 4.90 Å². The zero-order valence-electron chi connectivity index (χ0n) is 16.1. The summed E-state index contributed by atoms with van der Waals surface area (Å²) in [5.74, 6) is 0. The molecule has 0 bridgehead atoms. The quantitative estimate of drug-likeness (QED) is 0.657. The summed E-state index contributed by atoms with van der Waals surface area (Å²) in [6.45, 7) is 3.79. The summed E-state index contributed by atoms with van der Waals surface area (Å²) in [6.07, 6.45) is 4.14. The number of fused-ring (bicyclic) bond motifs is 1. The monoisotopic (exact) mass is 377 g/mol. The fourth-order valence-electron chi connectivity index (χ4n) is 3.80. The molecule has 0 saturated carbocycles. The van der Waals surface area contributed by atoms with Crippen molar-refractivity contribution in [2.45, 2.75) is 45.6 Å². The molecular formula is C21H23N5O2. The van der Waals surface area contributed by atoms with Crippen molar-refractivity contribution in [3.63, 3.8) is 0 Å². The van der Waals surface area contributed by atoms with Crippen molar-refractivity contribution < 1.29 is 4.79 Å². The van der Waals surface area contributed by atoms with Crippen molar-refractivity contribution >= 4 is 11.7 Å². The maximum atomic E-state index is 13.1. The van der Waals surface area contributed by atoms with Crippen LogP contribution in [0.2, 0.25) is 0 Å². The van der Waals surface area contributed by atoms with E-state index in [1.54, 1.807) is 4.90 Å². The minimum absolute atomic E-state index is 0.142. The van der Waals surface area contributed by atoms with Crippen LogP contribution in [0.4, 0.5) is 10.5 Å². The van der Waals surface area contributed by atoms with Crippen LogP contribution in [0.5, 0.6) is 0 Å². The van der Waals surface area contributed by atoms with Crippen LogP contribution in [0.25, 0.3) is 5.69 Å². The number of anilines is 1. The maximum absolute atomic E-state index is 13.1. The third-order valence-electron chi connectivity index (χ3n) is 5.12. The number of nitrogens with zero attached hydrogens (tertiary/aromatic N) is 5. The van der Waals surface area contributed by atoms with Gasteiger partial charge in [0.05, 0.1) is 5.69 Å². The van der Waals surface area contributed by atoms with Crippen molar-refractivity contribution in [1.82, 2.24) is 19.8 Å². The van der Waals surface area contributed by atoms with Crippen molar-refractivity contribution in [3.8, 4) is 5.69 Å². The molecule has 4 rings (SSSR count). The predicted molar refractivity (Wildman–Crippen MR) is 107 cm³/mol. The molecule has 7 heteroatoms. The zero-order valence-corrected chi connectivity index (χ0v) is 16.1. The number of carbonyl (C=O) groups is 1. The second-order valence-corrected chi connectivity index (χ2v) is 7.29. The van der Waals surface area contributed by atoms with E-state index in [9.17, 15) is 9.59 Å². The lowest BCUT2D eigenvalue weighted by molar-refractivity contribution is 0.242. The van der Waals surface area contributed by atoms with Gasteiger partial charge in [0.25, 0.3) is 0 Å². The van der Waals surface area contributed by atoms with E-state index in [1.807, 2.05) is 56.3 Å². The Balaban J connectivity index is 1.75. The highest BCUT2D eigenvalue weighted by molar-refractivity contribution is 5.93. The first-order valence-electron chi connectivity index (χ1n) is 9.62. The van der Waals surface area contributed by atoms with Crippen LogP contribution in [-0.4, -0.2) is 31.9 Å². The third-order valence-corrected chi connectivity index (χ3v) is 5.12. The van der Waals surface area contributed by atoms with Crippen LogP contribution in [0.15, 0.2) is 53.3 Å². The molecule has 1 heterocycles. The van der Waals surface area contributed by atoms with E-state index in [1.165, 1.54) is 10.2 Å². The second-order valence-electron chi connectivity index (χ2n) is 7.29. The van der Waals surface area contributed by atoms with E-state index in [4.69, 9.17) is 0 Å². The minimum Gasteiger partial charge on any atom is -0.290 e. The lowest BCUT2D eigenvalue weighted by Crippen LogP contribution is -2.44. The number of para-hydroxylation sites is 1. The molecule has 1 aliphatic carbocycles. The van der Waals surface area contributed by atoms with Gasteiger partial charge < -0.3 is 0 Å². The smallest absolute Gasteiger partial charge is 0.290 e. The van der Waals surface area contributed by atoms with Crippen LogP contribution in [0.1, 0.15) is 37.8 Å². The molecule has 0 saturated heterocycles. The van der Waals surface area contributed by atoms with Crippen molar-refractivity contribution in [2.24, 2.45) is 0 Å². The number of benzene rings is 2. The van der Waals surface area contributed by atoms with Crippen LogP contribution in [0.3, 0.4) is 0 Å². The van der Waals surface area contributed by atoms with Crippen molar-refractivity contribution in [1.29, 1.82) is 0 Å². The molecule has 1 aliphatic rings. The van der Waals surface area contributed by atoms with Crippen molar-refractivity contribution in [2.75, 3.05) is 4.90 Å². The number of rotatable bonds is 3. The molecule has 0 fully saturated rings. The minimum atomic E-state index is -0.550. The third kappa shape index (κ3) is 3.13. The van der Waals surface area contributed by atoms with Crippen molar-refractivity contribution in [3.05, 3.63) is 70.1 Å². The van der Waals surface area contributed by atoms with Gasteiger partial charge in [-0.1, -0.05) is 30.3 Å². The molecule has 0 radical (unpaired) electrons. The summed E-state index contributed by atoms with van der Waals surface area (Å²) < 4.78 is 2.08. The largest absolute Gasteiger partial charge is 0.377 e. The van der Waals surface area contributed by atoms with E-state index in [-0.39, 0.29) is 6.04 Å². The van der Waals surface area contributed by atoms with E-state index >= 15 is 0 Å². The van der Waals surface area contributed by atoms with Gasteiger partial charge in [0.2, 0.25) is 0 Å². The summed E-state index contributed by atoms with van der Waals surface area (Å²) >= 11 is 0. The summed E-state index contributed by atoms with van der Waals surface area (Å²) in [4.78, 5) is 27.7. The van der Waals surface area contributed by atoms with Crippen LogP contribution in [-0.2, 0) is 12.8 Å². The molecule has 1 aromatic heterocycles. The molecule has 2 aromatic carbocycles. The first kappa shape index (κ1) is 18.2. The van der Waals surface area contributed by atoms with Crippen LogP contribution in [0, 0.1) is 0 Å². The Morgan fingerprint density at radius 3 is 2.50 bits per heavy atom. The maximum Gasteiger partial charge on any atom is 0.377 e. The van der Waals surface area contributed by atoms with Gasteiger partial charge in [0.1, 0.15) is 0 Å². The molecule has 144 valence electrons. The standard InChI is InChI=1S/C21H23N5O2/c1-15(2)24(17-11-4-3-5-12-17)20(27)26-21(28)25(22-23-26)19-14-8-10-16-9-6-7-13-18(16)19/h3-5,8,10-12,14-15H,6-7,9,13H2,1-2H3. The highest BCUT2D eigenvalue weighted by atomic mass is 16.2.